The quantitative estimate of drug-likeness (QED) is 0.633. The average molecular weight is 230 g/mol. The van der Waals surface area contributed by atoms with E-state index in [4.69, 9.17) is 0 Å². The number of carbonyl (C=O) groups is 1. The van der Waals surface area contributed by atoms with E-state index in [1.165, 1.54) is 0 Å². The minimum atomic E-state index is -2.89. The molecule has 5 nitrogen and oxygen atoms in total. The summed E-state index contributed by atoms with van der Waals surface area (Å²) >= 11 is 0. The average Bonchev–Trinajstić information content (AvgIpc) is 2.77. The molecule has 6 heteroatoms. The summed E-state index contributed by atoms with van der Waals surface area (Å²) in [5.41, 5.74) is -0.299. The molecular weight excluding hydrogens is 216 g/mol. The smallest absolute Gasteiger partial charge is 0.244 e. The summed E-state index contributed by atoms with van der Waals surface area (Å²) in [4.78, 5) is 13.7. The van der Waals surface area contributed by atoms with E-state index in [0.29, 0.717) is 13.1 Å². The van der Waals surface area contributed by atoms with Gasteiger partial charge in [-0.1, -0.05) is 0 Å². The summed E-state index contributed by atoms with van der Waals surface area (Å²) in [6, 6.07) is -0.0880. The van der Waals surface area contributed by atoms with Gasteiger partial charge in [0.25, 0.3) is 0 Å². The van der Waals surface area contributed by atoms with E-state index in [-0.39, 0.29) is 29.0 Å². The molecule has 1 atom stereocenters. The van der Waals surface area contributed by atoms with Crippen LogP contribution < -0.4 is 5.32 Å². The zero-order chi connectivity index (χ0) is 10.7. The lowest BCUT2D eigenvalue weighted by molar-refractivity contribution is -0.131. The Labute approximate surface area is 88.7 Å². The molecule has 1 saturated carbocycles. The van der Waals surface area contributed by atoms with Gasteiger partial charge < -0.3 is 4.90 Å². The maximum atomic E-state index is 12.0. The third-order valence-corrected chi connectivity index (χ3v) is 5.41. The molecule has 3 aliphatic rings. The maximum Gasteiger partial charge on any atom is 0.244 e. The zero-order valence-corrected chi connectivity index (χ0v) is 9.22. The molecule has 1 amide bonds. The molecular formula is C9H14N2O3S. The molecule has 2 saturated heterocycles. The minimum absolute atomic E-state index is 0.0880. The number of amides is 1. The summed E-state index contributed by atoms with van der Waals surface area (Å²) in [6.07, 6.45) is 2.41. The first-order valence-corrected chi connectivity index (χ1v) is 7.11. The number of hydrogen-bond acceptors (Lipinski definition) is 4. The van der Waals surface area contributed by atoms with Crippen molar-refractivity contribution in [3.63, 3.8) is 0 Å². The largest absolute Gasteiger partial charge is 0.324 e. The Morgan fingerprint density at radius 2 is 2.13 bits per heavy atom. The van der Waals surface area contributed by atoms with Crippen LogP contribution in [0.3, 0.4) is 0 Å². The highest BCUT2D eigenvalue weighted by atomic mass is 32.2. The van der Waals surface area contributed by atoms with Crippen LogP contribution in [0.25, 0.3) is 0 Å². The second kappa shape index (κ2) is 2.74. The van der Waals surface area contributed by atoms with Gasteiger partial charge in [0, 0.05) is 6.04 Å². The van der Waals surface area contributed by atoms with Gasteiger partial charge in [-0.3, -0.25) is 10.1 Å². The minimum Gasteiger partial charge on any atom is -0.324 e. The van der Waals surface area contributed by atoms with Crippen molar-refractivity contribution >= 4 is 15.7 Å². The van der Waals surface area contributed by atoms with E-state index in [9.17, 15) is 13.2 Å². The van der Waals surface area contributed by atoms with Crippen molar-refractivity contribution in [1.29, 1.82) is 0 Å². The van der Waals surface area contributed by atoms with Crippen molar-refractivity contribution in [2.24, 2.45) is 0 Å². The molecule has 0 aromatic heterocycles. The third-order valence-electron chi connectivity index (χ3n) is 3.66. The van der Waals surface area contributed by atoms with E-state index in [1.54, 1.807) is 4.90 Å². The summed E-state index contributed by atoms with van der Waals surface area (Å²) in [5, 5.41) is 3.19. The summed E-state index contributed by atoms with van der Waals surface area (Å²) < 4.78 is 22.6. The van der Waals surface area contributed by atoms with E-state index < -0.39 is 9.84 Å². The highest BCUT2D eigenvalue weighted by Crippen LogP contribution is 2.41. The van der Waals surface area contributed by atoms with Gasteiger partial charge in [-0.05, 0) is 19.3 Å². The van der Waals surface area contributed by atoms with Crippen molar-refractivity contribution in [1.82, 2.24) is 10.2 Å². The second-order valence-corrected chi connectivity index (χ2v) is 6.98. The van der Waals surface area contributed by atoms with Gasteiger partial charge in [0.2, 0.25) is 5.91 Å². The van der Waals surface area contributed by atoms with Crippen molar-refractivity contribution in [3.8, 4) is 0 Å². The number of rotatable bonds is 1. The van der Waals surface area contributed by atoms with Crippen LogP contribution in [0.2, 0.25) is 0 Å². The predicted molar refractivity (Wildman–Crippen MR) is 53.9 cm³/mol. The molecule has 1 spiro atoms. The molecule has 0 aromatic carbocycles. The first-order chi connectivity index (χ1) is 7.03. The van der Waals surface area contributed by atoms with Crippen LogP contribution in [0.1, 0.15) is 19.3 Å². The summed E-state index contributed by atoms with van der Waals surface area (Å²) in [7, 11) is -2.89. The molecule has 3 fully saturated rings. The van der Waals surface area contributed by atoms with Crippen molar-refractivity contribution in [3.05, 3.63) is 0 Å². The van der Waals surface area contributed by atoms with Gasteiger partial charge in [-0.15, -0.1) is 0 Å². The normalized spacial score (nSPS) is 36.4. The first-order valence-electron chi connectivity index (χ1n) is 5.29. The fourth-order valence-electron chi connectivity index (χ4n) is 2.49. The Morgan fingerprint density at radius 3 is 2.60 bits per heavy atom. The predicted octanol–water partition coefficient (Wildman–Crippen LogP) is -0.905. The van der Waals surface area contributed by atoms with Crippen molar-refractivity contribution in [2.75, 3.05) is 18.2 Å². The van der Waals surface area contributed by atoms with Gasteiger partial charge in [-0.25, -0.2) is 8.42 Å². The molecule has 2 aliphatic heterocycles. The van der Waals surface area contributed by atoms with Crippen LogP contribution in [0.4, 0.5) is 0 Å². The maximum absolute atomic E-state index is 12.0. The number of sulfone groups is 1. The van der Waals surface area contributed by atoms with Crippen LogP contribution in [0.5, 0.6) is 0 Å². The molecule has 2 heterocycles. The lowest BCUT2D eigenvalue weighted by Crippen LogP contribution is -2.40. The molecule has 3 rings (SSSR count). The molecule has 1 unspecified atom stereocenters. The van der Waals surface area contributed by atoms with Crippen LogP contribution >= 0.6 is 0 Å². The Bertz CT molecular complexity index is 413. The topological polar surface area (TPSA) is 66.5 Å². The van der Waals surface area contributed by atoms with Crippen LogP contribution in [-0.2, 0) is 14.6 Å². The first kappa shape index (κ1) is 9.59. The van der Waals surface area contributed by atoms with E-state index in [0.717, 1.165) is 12.8 Å². The monoisotopic (exact) mass is 230 g/mol. The SMILES string of the molecule is O=C1N(C2CCS(=O)(=O)C2)CNC12CC2. The molecule has 0 aromatic rings. The summed E-state index contributed by atoms with van der Waals surface area (Å²) in [6.45, 7) is 0.527. The Hall–Kier alpha value is -0.620. The van der Waals surface area contributed by atoms with Crippen molar-refractivity contribution in [2.45, 2.75) is 30.8 Å². The second-order valence-electron chi connectivity index (χ2n) is 4.75. The van der Waals surface area contributed by atoms with Crippen molar-refractivity contribution < 1.29 is 13.2 Å². The fourth-order valence-corrected chi connectivity index (χ4v) is 4.22. The van der Waals surface area contributed by atoms with E-state index in [1.807, 2.05) is 0 Å². The lowest BCUT2D eigenvalue weighted by atomic mass is 10.2. The van der Waals surface area contributed by atoms with Crippen LogP contribution in [0.15, 0.2) is 0 Å². The molecule has 1 aliphatic carbocycles. The van der Waals surface area contributed by atoms with E-state index in [2.05, 4.69) is 5.32 Å². The fraction of sp³-hybridized carbons (Fsp3) is 0.889. The van der Waals surface area contributed by atoms with Gasteiger partial charge in [0.1, 0.15) is 0 Å². The number of hydrogen-bond donors (Lipinski definition) is 1. The lowest BCUT2D eigenvalue weighted by Gasteiger charge is -2.21. The molecule has 0 radical (unpaired) electrons. The van der Waals surface area contributed by atoms with Gasteiger partial charge in [-0.2, -0.15) is 0 Å². The molecule has 15 heavy (non-hydrogen) atoms. The Kier molecular flexibility index (Phi) is 1.75. The number of nitrogens with one attached hydrogen (secondary N) is 1. The zero-order valence-electron chi connectivity index (χ0n) is 8.40. The standard InChI is InChI=1S/C9H14N2O3S/c12-8-9(2-3-9)10-6-11(8)7-1-4-15(13,14)5-7/h7,10H,1-6H2. The molecule has 1 N–H and O–H groups in total. The molecule has 84 valence electrons. The number of nitrogens with zero attached hydrogens (tertiary/aromatic N) is 1. The Morgan fingerprint density at radius 1 is 1.40 bits per heavy atom. The van der Waals surface area contributed by atoms with Crippen LogP contribution in [0, 0.1) is 0 Å². The summed E-state index contributed by atoms with van der Waals surface area (Å²) in [5.74, 6) is 0.495. The highest BCUT2D eigenvalue weighted by molar-refractivity contribution is 7.91. The van der Waals surface area contributed by atoms with Gasteiger partial charge >= 0.3 is 0 Å². The third kappa shape index (κ3) is 1.38. The van der Waals surface area contributed by atoms with E-state index >= 15 is 0 Å². The Balaban J connectivity index is 1.77. The molecule has 0 bridgehead atoms. The van der Waals surface area contributed by atoms with Gasteiger partial charge in [0.05, 0.1) is 23.7 Å². The van der Waals surface area contributed by atoms with Crippen LogP contribution in [-0.4, -0.2) is 49.0 Å². The van der Waals surface area contributed by atoms with Gasteiger partial charge in [0.15, 0.2) is 9.84 Å². The highest BCUT2D eigenvalue weighted by Gasteiger charge is 2.57. The number of carbonyl (C=O) groups excluding carboxylic acids is 1.